The molecule has 0 radical (unpaired) electrons. The molecule has 1 saturated carbocycles. The van der Waals surface area contributed by atoms with Gasteiger partial charge in [0.15, 0.2) is 0 Å². The summed E-state index contributed by atoms with van der Waals surface area (Å²) >= 11 is 0. The number of rotatable bonds is 2. The zero-order chi connectivity index (χ0) is 11.2. The van der Waals surface area contributed by atoms with E-state index >= 15 is 0 Å². The summed E-state index contributed by atoms with van der Waals surface area (Å²) in [6, 6.07) is 0.280. The fourth-order valence-electron chi connectivity index (χ4n) is 2.56. The molecule has 0 aromatic carbocycles. The number of carboxylic acids is 1. The van der Waals surface area contributed by atoms with Crippen LogP contribution in [0.3, 0.4) is 0 Å². The molecule has 2 rings (SSSR count). The first-order valence-corrected chi connectivity index (χ1v) is 5.54. The standard InChI is InChI=1S/C11H17NO3/c1-6-3-7(2)12(5-6)10(13)8-4-9(8)11(14)15/h6-9H,3-5H2,1-2H3,(H,14,15). The lowest BCUT2D eigenvalue weighted by atomic mass is 10.1. The number of hydrogen-bond acceptors (Lipinski definition) is 2. The zero-order valence-corrected chi connectivity index (χ0v) is 9.14. The van der Waals surface area contributed by atoms with Gasteiger partial charge in [-0.15, -0.1) is 0 Å². The smallest absolute Gasteiger partial charge is 0.307 e. The summed E-state index contributed by atoms with van der Waals surface area (Å²) in [4.78, 5) is 24.5. The molecule has 4 nitrogen and oxygen atoms in total. The lowest BCUT2D eigenvalue weighted by Crippen LogP contribution is -2.35. The molecule has 0 bridgehead atoms. The SMILES string of the molecule is CC1CC(C)N(C(=O)C2CC2C(=O)O)C1. The van der Waals surface area contributed by atoms with Crippen LogP contribution in [0, 0.1) is 17.8 Å². The van der Waals surface area contributed by atoms with Crippen molar-refractivity contribution in [3.63, 3.8) is 0 Å². The van der Waals surface area contributed by atoms with Gasteiger partial charge in [-0.3, -0.25) is 9.59 Å². The first-order chi connectivity index (χ1) is 7.00. The van der Waals surface area contributed by atoms with E-state index < -0.39 is 11.9 Å². The Balaban J connectivity index is 1.95. The van der Waals surface area contributed by atoms with Gasteiger partial charge in [0.05, 0.1) is 11.8 Å². The summed E-state index contributed by atoms with van der Waals surface area (Å²) in [6.07, 6.45) is 1.57. The summed E-state index contributed by atoms with van der Waals surface area (Å²) < 4.78 is 0. The highest BCUT2D eigenvalue weighted by molar-refractivity contribution is 5.89. The molecule has 4 unspecified atom stereocenters. The lowest BCUT2D eigenvalue weighted by Gasteiger charge is -2.21. The summed E-state index contributed by atoms with van der Waals surface area (Å²) in [5, 5.41) is 8.76. The fraction of sp³-hybridized carbons (Fsp3) is 0.818. The van der Waals surface area contributed by atoms with Crippen LogP contribution in [-0.2, 0) is 9.59 Å². The Morgan fingerprint density at radius 1 is 1.20 bits per heavy atom. The molecule has 2 fully saturated rings. The summed E-state index contributed by atoms with van der Waals surface area (Å²) in [5.74, 6) is -0.880. The fourth-order valence-corrected chi connectivity index (χ4v) is 2.56. The second kappa shape index (κ2) is 3.51. The molecule has 4 heteroatoms. The highest BCUT2D eigenvalue weighted by Crippen LogP contribution is 2.41. The molecular weight excluding hydrogens is 194 g/mol. The third-order valence-corrected chi connectivity index (χ3v) is 3.49. The second-order valence-corrected chi connectivity index (χ2v) is 4.97. The van der Waals surface area contributed by atoms with E-state index in [9.17, 15) is 9.59 Å². The molecule has 0 spiro atoms. The normalized spacial score (nSPS) is 39.2. The van der Waals surface area contributed by atoms with Gasteiger partial charge in [-0.05, 0) is 25.7 Å². The highest BCUT2D eigenvalue weighted by atomic mass is 16.4. The van der Waals surface area contributed by atoms with Gasteiger partial charge < -0.3 is 10.0 Å². The third kappa shape index (κ3) is 1.85. The van der Waals surface area contributed by atoms with Crippen molar-refractivity contribution in [1.29, 1.82) is 0 Å². The second-order valence-electron chi connectivity index (χ2n) is 4.97. The lowest BCUT2D eigenvalue weighted by molar-refractivity contribution is -0.142. The van der Waals surface area contributed by atoms with Crippen molar-refractivity contribution in [1.82, 2.24) is 4.90 Å². The molecule has 4 atom stereocenters. The average Bonchev–Trinajstić information content (AvgIpc) is 2.86. The van der Waals surface area contributed by atoms with Crippen molar-refractivity contribution in [2.24, 2.45) is 17.8 Å². The first-order valence-electron chi connectivity index (χ1n) is 5.54. The number of hydrogen-bond donors (Lipinski definition) is 1. The van der Waals surface area contributed by atoms with E-state index in [0.29, 0.717) is 12.3 Å². The molecule has 1 aliphatic carbocycles. The number of carbonyl (C=O) groups is 2. The number of aliphatic carboxylic acids is 1. The number of carboxylic acid groups (broad SMARTS) is 1. The molecule has 0 aromatic rings. The van der Waals surface area contributed by atoms with Crippen LogP contribution >= 0.6 is 0 Å². The summed E-state index contributed by atoms with van der Waals surface area (Å²) in [7, 11) is 0. The highest BCUT2D eigenvalue weighted by Gasteiger charge is 2.51. The number of amides is 1. The van der Waals surface area contributed by atoms with Crippen molar-refractivity contribution in [2.75, 3.05) is 6.54 Å². The van der Waals surface area contributed by atoms with Crippen LogP contribution in [0.2, 0.25) is 0 Å². The van der Waals surface area contributed by atoms with E-state index in [4.69, 9.17) is 5.11 Å². The van der Waals surface area contributed by atoms with Crippen LogP contribution in [0.25, 0.3) is 0 Å². The molecule has 1 heterocycles. The molecule has 1 saturated heterocycles. The van der Waals surface area contributed by atoms with Crippen molar-refractivity contribution in [2.45, 2.75) is 32.7 Å². The van der Waals surface area contributed by atoms with E-state index in [1.807, 2.05) is 11.8 Å². The number of likely N-dealkylation sites (tertiary alicyclic amines) is 1. The van der Waals surface area contributed by atoms with Gasteiger partial charge in [-0.2, -0.15) is 0 Å². The molecule has 15 heavy (non-hydrogen) atoms. The largest absolute Gasteiger partial charge is 0.481 e. The molecule has 1 aliphatic heterocycles. The zero-order valence-electron chi connectivity index (χ0n) is 9.14. The molecule has 1 amide bonds. The van der Waals surface area contributed by atoms with Gasteiger partial charge in [-0.25, -0.2) is 0 Å². The van der Waals surface area contributed by atoms with Gasteiger partial charge in [0.1, 0.15) is 0 Å². The maximum atomic E-state index is 11.9. The third-order valence-electron chi connectivity index (χ3n) is 3.49. The van der Waals surface area contributed by atoms with Gasteiger partial charge >= 0.3 is 5.97 Å². The quantitative estimate of drug-likeness (QED) is 0.740. The first kappa shape index (κ1) is 10.5. The van der Waals surface area contributed by atoms with Crippen LogP contribution in [0.15, 0.2) is 0 Å². The molecule has 0 aromatic heterocycles. The topological polar surface area (TPSA) is 57.6 Å². The van der Waals surface area contributed by atoms with E-state index in [1.165, 1.54) is 0 Å². The van der Waals surface area contributed by atoms with E-state index in [2.05, 4.69) is 6.92 Å². The van der Waals surface area contributed by atoms with E-state index in [0.717, 1.165) is 13.0 Å². The van der Waals surface area contributed by atoms with Crippen LogP contribution in [0.4, 0.5) is 0 Å². The Hall–Kier alpha value is -1.06. The Morgan fingerprint density at radius 2 is 1.87 bits per heavy atom. The van der Waals surface area contributed by atoms with Crippen LogP contribution in [0.1, 0.15) is 26.7 Å². The minimum absolute atomic E-state index is 0.0549. The van der Waals surface area contributed by atoms with E-state index in [-0.39, 0.29) is 17.9 Å². The van der Waals surface area contributed by atoms with E-state index in [1.54, 1.807) is 0 Å². The Kier molecular flexibility index (Phi) is 2.44. The predicted octanol–water partition coefficient (Wildman–Crippen LogP) is 0.964. The van der Waals surface area contributed by atoms with Crippen molar-refractivity contribution in [3.8, 4) is 0 Å². The van der Waals surface area contributed by atoms with Gasteiger partial charge in [0, 0.05) is 12.6 Å². The number of nitrogens with zero attached hydrogens (tertiary/aromatic N) is 1. The maximum Gasteiger partial charge on any atom is 0.307 e. The number of carbonyl (C=O) groups excluding carboxylic acids is 1. The summed E-state index contributed by atoms with van der Waals surface area (Å²) in [6.45, 7) is 4.97. The van der Waals surface area contributed by atoms with Crippen LogP contribution < -0.4 is 0 Å². The predicted molar refractivity (Wildman–Crippen MR) is 54.2 cm³/mol. The van der Waals surface area contributed by atoms with Gasteiger partial charge in [-0.1, -0.05) is 6.92 Å². The van der Waals surface area contributed by atoms with Gasteiger partial charge in [0.25, 0.3) is 0 Å². The molecule has 84 valence electrons. The van der Waals surface area contributed by atoms with Crippen LogP contribution in [-0.4, -0.2) is 34.5 Å². The Labute approximate surface area is 89.3 Å². The Morgan fingerprint density at radius 3 is 2.27 bits per heavy atom. The van der Waals surface area contributed by atoms with Crippen molar-refractivity contribution >= 4 is 11.9 Å². The monoisotopic (exact) mass is 211 g/mol. The Bertz CT molecular complexity index is 302. The van der Waals surface area contributed by atoms with Crippen molar-refractivity contribution < 1.29 is 14.7 Å². The average molecular weight is 211 g/mol. The van der Waals surface area contributed by atoms with Gasteiger partial charge in [0.2, 0.25) is 5.91 Å². The molecule has 1 N–H and O–H groups in total. The van der Waals surface area contributed by atoms with Crippen LogP contribution in [0.5, 0.6) is 0 Å². The molecular formula is C11H17NO3. The summed E-state index contributed by atoms with van der Waals surface area (Å²) in [5.41, 5.74) is 0. The minimum atomic E-state index is -0.826. The minimum Gasteiger partial charge on any atom is -0.481 e. The van der Waals surface area contributed by atoms with Crippen molar-refractivity contribution in [3.05, 3.63) is 0 Å². The maximum absolute atomic E-state index is 11.9. The molecule has 2 aliphatic rings.